The zero-order chi connectivity index (χ0) is 15.9. The van der Waals surface area contributed by atoms with Gasteiger partial charge >= 0.3 is 5.97 Å². The second kappa shape index (κ2) is 5.74. The van der Waals surface area contributed by atoms with E-state index in [1.54, 1.807) is 23.1 Å². The highest BCUT2D eigenvalue weighted by atomic mass is 35.5. The maximum atomic E-state index is 12.5. The number of nitrogens with zero attached hydrogens (tertiary/aromatic N) is 1. The number of amides is 1. The van der Waals surface area contributed by atoms with Gasteiger partial charge < -0.3 is 10.0 Å². The SMILES string of the molecule is O=C(Cc1cccc(Cl)c1Cl)N1C[C@@H]2CCC[C@@]2(C(=O)O)C1. The molecule has 1 aliphatic carbocycles. The zero-order valence-electron chi connectivity index (χ0n) is 12.0. The summed E-state index contributed by atoms with van der Waals surface area (Å²) in [5.41, 5.74) is -0.0612. The van der Waals surface area contributed by atoms with E-state index in [9.17, 15) is 14.7 Å². The fourth-order valence-corrected chi connectivity index (χ4v) is 4.18. The molecule has 1 heterocycles. The first-order chi connectivity index (χ1) is 10.4. The number of rotatable bonds is 3. The highest BCUT2D eigenvalue weighted by molar-refractivity contribution is 6.42. The molecule has 0 aromatic heterocycles. The van der Waals surface area contributed by atoms with Crippen LogP contribution in [0.25, 0.3) is 0 Å². The predicted molar refractivity (Wildman–Crippen MR) is 84.2 cm³/mol. The summed E-state index contributed by atoms with van der Waals surface area (Å²) < 4.78 is 0. The maximum Gasteiger partial charge on any atom is 0.311 e. The molecule has 0 radical (unpaired) electrons. The van der Waals surface area contributed by atoms with E-state index in [1.807, 2.05) is 0 Å². The number of hydrogen-bond acceptors (Lipinski definition) is 2. The van der Waals surface area contributed by atoms with E-state index >= 15 is 0 Å². The van der Waals surface area contributed by atoms with E-state index in [1.165, 1.54) is 0 Å². The molecule has 0 spiro atoms. The van der Waals surface area contributed by atoms with Crippen molar-refractivity contribution in [1.82, 2.24) is 4.90 Å². The van der Waals surface area contributed by atoms with Gasteiger partial charge in [0.25, 0.3) is 0 Å². The van der Waals surface area contributed by atoms with Crippen LogP contribution in [0.5, 0.6) is 0 Å². The Morgan fingerprint density at radius 1 is 1.36 bits per heavy atom. The van der Waals surface area contributed by atoms with Crippen molar-refractivity contribution in [3.63, 3.8) is 0 Å². The number of carboxylic acids is 1. The Labute approximate surface area is 139 Å². The molecule has 22 heavy (non-hydrogen) atoms. The standard InChI is InChI=1S/C16H17Cl2NO3/c17-12-5-1-3-10(14(12)18)7-13(20)19-8-11-4-2-6-16(11,9-19)15(21)22/h1,3,5,11H,2,4,6-9H2,(H,21,22)/t11-,16+/m0/s1. The molecule has 1 aromatic rings. The van der Waals surface area contributed by atoms with Gasteiger partial charge in [-0.05, 0) is 30.4 Å². The number of hydrogen-bond donors (Lipinski definition) is 1. The molecular formula is C16H17Cl2NO3. The molecule has 2 atom stereocenters. The molecular weight excluding hydrogens is 325 g/mol. The van der Waals surface area contributed by atoms with Gasteiger partial charge in [-0.2, -0.15) is 0 Å². The first-order valence-electron chi connectivity index (χ1n) is 7.38. The summed E-state index contributed by atoms with van der Waals surface area (Å²) in [7, 11) is 0. The molecule has 118 valence electrons. The molecule has 4 nitrogen and oxygen atoms in total. The number of aliphatic carboxylic acids is 1. The van der Waals surface area contributed by atoms with Crippen LogP contribution in [0, 0.1) is 11.3 Å². The van der Waals surface area contributed by atoms with Crippen molar-refractivity contribution < 1.29 is 14.7 Å². The van der Waals surface area contributed by atoms with E-state index < -0.39 is 11.4 Å². The van der Waals surface area contributed by atoms with E-state index in [4.69, 9.17) is 23.2 Å². The largest absolute Gasteiger partial charge is 0.481 e. The highest BCUT2D eigenvalue weighted by Crippen LogP contribution is 2.49. The fourth-order valence-electron chi connectivity index (χ4n) is 3.79. The van der Waals surface area contributed by atoms with Crippen LogP contribution < -0.4 is 0 Å². The number of fused-ring (bicyclic) bond motifs is 1. The second-order valence-corrected chi connectivity index (χ2v) is 7.00. The van der Waals surface area contributed by atoms with Crippen LogP contribution in [0.4, 0.5) is 0 Å². The zero-order valence-corrected chi connectivity index (χ0v) is 13.5. The molecule has 1 aromatic carbocycles. The molecule has 1 N–H and O–H groups in total. The van der Waals surface area contributed by atoms with Crippen LogP contribution in [0.2, 0.25) is 10.0 Å². The van der Waals surface area contributed by atoms with Crippen molar-refractivity contribution in [1.29, 1.82) is 0 Å². The monoisotopic (exact) mass is 341 g/mol. The maximum absolute atomic E-state index is 12.5. The smallest absolute Gasteiger partial charge is 0.311 e. The van der Waals surface area contributed by atoms with Crippen molar-refractivity contribution >= 4 is 35.1 Å². The van der Waals surface area contributed by atoms with Gasteiger partial charge in [0.1, 0.15) is 0 Å². The molecule has 2 fully saturated rings. The van der Waals surface area contributed by atoms with Crippen molar-refractivity contribution in [3.8, 4) is 0 Å². The minimum Gasteiger partial charge on any atom is -0.481 e. The normalized spacial score (nSPS) is 27.0. The summed E-state index contributed by atoms with van der Waals surface area (Å²) in [6.45, 7) is 0.841. The number of carboxylic acid groups (broad SMARTS) is 1. The van der Waals surface area contributed by atoms with Crippen molar-refractivity contribution in [2.75, 3.05) is 13.1 Å². The molecule has 1 saturated carbocycles. The average Bonchev–Trinajstić information content (AvgIpc) is 3.01. The van der Waals surface area contributed by atoms with Gasteiger partial charge in [0.2, 0.25) is 5.91 Å². The van der Waals surface area contributed by atoms with Gasteiger partial charge in [0.05, 0.1) is 21.9 Å². The Bertz CT molecular complexity index is 634. The van der Waals surface area contributed by atoms with Gasteiger partial charge in [-0.25, -0.2) is 0 Å². The summed E-state index contributed by atoms with van der Waals surface area (Å²) in [5.74, 6) is -0.783. The number of carbonyl (C=O) groups excluding carboxylic acids is 1. The Balaban J connectivity index is 1.75. The Kier molecular flexibility index (Phi) is 4.08. The van der Waals surface area contributed by atoms with Crippen molar-refractivity contribution in [2.45, 2.75) is 25.7 Å². The minimum absolute atomic E-state index is 0.0729. The third kappa shape index (κ3) is 2.48. The summed E-state index contributed by atoms with van der Waals surface area (Å²) in [5, 5.41) is 10.4. The molecule has 2 aliphatic rings. The third-order valence-corrected chi connectivity index (χ3v) is 5.88. The lowest BCUT2D eigenvalue weighted by molar-refractivity contribution is -0.149. The lowest BCUT2D eigenvalue weighted by Crippen LogP contribution is -2.37. The Morgan fingerprint density at radius 2 is 2.14 bits per heavy atom. The van der Waals surface area contributed by atoms with Gasteiger partial charge in [0.15, 0.2) is 0 Å². The summed E-state index contributed by atoms with van der Waals surface area (Å²) in [6.07, 6.45) is 2.63. The van der Waals surface area contributed by atoms with Crippen LogP contribution in [-0.2, 0) is 16.0 Å². The fraction of sp³-hybridized carbons (Fsp3) is 0.500. The summed E-state index contributed by atoms with van der Waals surface area (Å²) in [6, 6.07) is 5.21. The average molecular weight is 342 g/mol. The third-order valence-electron chi connectivity index (χ3n) is 5.02. The van der Waals surface area contributed by atoms with Gasteiger partial charge in [-0.3, -0.25) is 9.59 Å². The van der Waals surface area contributed by atoms with Gasteiger partial charge in [0, 0.05) is 13.1 Å². The van der Waals surface area contributed by atoms with Crippen LogP contribution in [-0.4, -0.2) is 35.0 Å². The van der Waals surface area contributed by atoms with Gasteiger partial charge in [-0.15, -0.1) is 0 Å². The molecule has 1 saturated heterocycles. The second-order valence-electron chi connectivity index (χ2n) is 6.21. The lowest BCUT2D eigenvalue weighted by Gasteiger charge is -2.23. The molecule has 1 amide bonds. The highest BCUT2D eigenvalue weighted by Gasteiger charge is 2.55. The summed E-state index contributed by atoms with van der Waals surface area (Å²) in [4.78, 5) is 25.8. The summed E-state index contributed by atoms with van der Waals surface area (Å²) >= 11 is 12.1. The minimum atomic E-state index is -0.772. The van der Waals surface area contributed by atoms with E-state index in [0.717, 1.165) is 12.8 Å². The van der Waals surface area contributed by atoms with E-state index in [0.29, 0.717) is 35.1 Å². The van der Waals surface area contributed by atoms with Crippen molar-refractivity contribution in [3.05, 3.63) is 33.8 Å². The lowest BCUT2D eigenvalue weighted by atomic mass is 9.81. The topological polar surface area (TPSA) is 57.6 Å². The number of benzene rings is 1. The number of halogens is 2. The first kappa shape index (κ1) is 15.6. The molecule has 6 heteroatoms. The quantitative estimate of drug-likeness (QED) is 0.917. The van der Waals surface area contributed by atoms with Crippen molar-refractivity contribution in [2.24, 2.45) is 11.3 Å². The van der Waals surface area contributed by atoms with Crippen LogP contribution >= 0.6 is 23.2 Å². The molecule has 0 bridgehead atoms. The predicted octanol–water partition coefficient (Wildman–Crippen LogP) is 3.25. The Morgan fingerprint density at radius 3 is 2.82 bits per heavy atom. The number of carbonyl (C=O) groups is 2. The van der Waals surface area contributed by atoms with Crippen LogP contribution in [0.15, 0.2) is 18.2 Å². The van der Waals surface area contributed by atoms with E-state index in [-0.39, 0.29) is 18.2 Å². The van der Waals surface area contributed by atoms with Crippen LogP contribution in [0.1, 0.15) is 24.8 Å². The van der Waals surface area contributed by atoms with E-state index in [2.05, 4.69) is 0 Å². The van der Waals surface area contributed by atoms with Crippen LogP contribution in [0.3, 0.4) is 0 Å². The molecule has 1 aliphatic heterocycles. The molecule has 0 unspecified atom stereocenters. The van der Waals surface area contributed by atoms with Gasteiger partial charge in [-0.1, -0.05) is 41.8 Å². The first-order valence-corrected chi connectivity index (χ1v) is 8.14. The Hall–Kier alpha value is -1.26. The molecule has 3 rings (SSSR count). The number of likely N-dealkylation sites (tertiary alicyclic amines) is 1.